The largest absolute Gasteiger partial charge is 0.349 e. The molecule has 0 unspecified atom stereocenters. The Morgan fingerprint density at radius 2 is 2.04 bits per heavy atom. The van der Waals surface area contributed by atoms with Gasteiger partial charge < -0.3 is 5.32 Å². The van der Waals surface area contributed by atoms with E-state index in [1.165, 1.54) is 6.07 Å². The van der Waals surface area contributed by atoms with Crippen LogP contribution in [-0.4, -0.2) is 25.9 Å². The maximum Gasteiger partial charge on any atom is 0.264 e. The number of amides is 1. The highest BCUT2D eigenvalue weighted by Crippen LogP contribution is 2.14. The Morgan fingerprint density at radius 1 is 1.24 bits per heavy atom. The number of nitrogens with one attached hydrogen (secondary N) is 2. The molecule has 3 aromatic rings. The van der Waals surface area contributed by atoms with Crippen LogP contribution in [0.4, 0.5) is 0 Å². The van der Waals surface area contributed by atoms with Gasteiger partial charge in [-0.3, -0.25) is 9.59 Å². The lowest BCUT2D eigenvalue weighted by molar-refractivity contribution is -0.121. The number of aryl methyl sites for hydroxylation is 1. The van der Waals surface area contributed by atoms with Crippen molar-refractivity contribution < 1.29 is 4.79 Å². The van der Waals surface area contributed by atoms with Crippen molar-refractivity contribution in [1.82, 2.24) is 25.3 Å². The molecule has 0 aliphatic rings. The summed E-state index contributed by atoms with van der Waals surface area (Å²) in [6.07, 6.45) is 4.43. The van der Waals surface area contributed by atoms with Gasteiger partial charge >= 0.3 is 0 Å². The number of para-hydroxylation sites is 1. The molecule has 2 N–H and O–H groups in total. The average molecular weight is 337 g/mol. The van der Waals surface area contributed by atoms with Gasteiger partial charge in [0.05, 0.1) is 23.6 Å². The molecular weight excluding hydrogens is 318 g/mol. The lowest BCUT2D eigenvalue weighted by Crippen LogP contribution is -2.26. The number of benzene rings is 1. The Bertz CT molecular complexity index is 881. The van der Waals surface area contributed by atoms with Crippen LogP contribution in [0, 0.1) is 0 Å². The Balaban J connectivity index is 1.55. The summed E-state index contributed by atoms with van der Waals surface area (Å²) in [6.45, 7) is 1.92. The molecule has 0 bridgehead atoms. The third kappa shape index (κ3) is 4.41. The van der Waals surface area contributed by atoms with Crippen LogP contribution < -0.4 is 10.9 Å². The van der Waals surface area contributed by atoms with Crippen LogP contribution in [-0.2, 0) is 11.2 Å². The summed E-state index contributed by atoms with van der Waals surface area (Å²) in [6, 6.07) is 12.7. The first-order chi connectivity index (χ1) is 12.1. The van der Waals surface area contributed by atoms with Crippen LogP contribution in [0.25, 0.3) is 5.69 Å². The first kappa shape index (κ1) is 16.6. The summed E-state index contributed by atoms with van der Waals surface area (Å²) in [5.74, 6) is -0.0760. The fraction of sp³-hybridized carbons (Fsp3) is 0.222. The van der Waals surface area contributed by atoms with Crippen molar-refractivity contribution in [2.45, 2.75) is 25.8 Å². The van der Waals surface area contributed by atoms with E-state index in [1.54, 1.807) is 16.9 Å². The number of carbonyl (C=O) groups is 1. The minimum Gasteiger partial charge on any atom is -0.349 e. The van der Waals surface area contributed by atoms with Gasteiger partial charge in [-0.1, -0.05) is 18.2 Å². The maximum atomic E-state index is 12.1. The second kappa shape index (κ2) is 7.57. The third-order valence-electron chi connectivity index (χ3n) is 3.85. The fourth-order valence-corrected chi connectivity index (χ4v) is 2.43. The molecule has 7 nitrogen and oxygen atoms in total. The Kier molecular flexibility index (Phi) is 5.03. The molecule has 128 valence electrons. The molecule has 0 saturated heterocycles. The predicted octanol–water partition coefficient (Wildman–Crippen LogP) is 1.77. The van der Waals surface area contributed by atoms with Crippen molar-refractivity contribution in [3.8, 4) is 5.69 Å². The summed E-state index contributed by atoms with van der Waals surface area (Å²) in [4.78, 5) is 23.1. The van der Waals surface area contributed by atoms with E-state index in [4.69, 9.17) is 0 Å². The number of rotatable bonds is 6. The van der Waals surface area contributed by atoms with E-state index >= 15 is 0 Å². The highest BCUT2D eigenvalue weighted by atomic mass is 16.1. The van der Waals surface area contributed by atoms with Crippen LogP contribution in [0.2, 0.25) is 0 Å². The van der Waals surface area contributed by atoms with Gasteiger partial charge in [0.2, 0.25) is 5.91 Å². The van der Waals surface area contributed by atoms with Crippen LogP contribution in [0.15, 0.2) is 59.7 Å². The van der Waals surface area contributed by atoms with Crippen molar-refractivity contribution in [3.63, 3.8) is 0 Å². The topological polar surface area (TPSA) is 92.7 Å². The zero-order valence-electron chi connectivity index (χ0n) is 13.8. The average Bonchev–Trinajstić information content (AvgIpc) is 3.12. The molecule has 0 radical (unpaired) electrons. The number of aromatic nitrogens is 4. The van der Waals surface area contributed by atoms with E-state index in [2.05, 4.69) is 20.6 Å². The van der Waals surface area contributed by atoms with Gasteiger partial charge in [0, 0.05) is 30.7 Å². The molecule has 3 rings (SSSR count). The molecule has 1 aromatic carbocycles. The van der Waals surface area contributed by atoms with E-state index in [-0.39, 0.29) is 17.5 Å². The fourth-order valence-electron chi connectivity index (χ4n) is 2.43. The molecule has 0 spiro atoms. The monoisotopic (exact) mass is 337 g/mol. The Hall–Kier alpha value is -3.22. The number of hydrogen-bond acceptors (Lipinski definition) is 4. The second-order valence-electron chi connectivity index (χ2n) is 5.76. The van der Waals surface area contributed by atoms with E-state index < -0.39 is 0 Å². The van der Waals surface area contributed by atoms with Crippen molar-refractivity contribution in [1.29, 1.82) is 0 Å². The van der Waals surface area contributed by atoms with Crippen LogP contribution in [0.3, 0.4) is 0 Å². The number of aromatic amines is 1. The molecule has 0 saturated carbocycles. The first-order valence-electron chi connectivity index (χ1n) is 8.06. The zero-order chi connectivity index (χ0) is 17.6. The second-order valence-corrected chi connectivity index (χ2v) is 5.76. The third-order valence-corrected chi connectivity index (χ3v) is 3.85. The Morgan fingerprint density at radius 3 is 2.76 bits per heavy atom. The summed E-state index contributed by atoms with van der Waals surface area (Å²) in [7, 11) is 0. The van der Waals surface area contributed by atoms with Gasteiger partial charge in [-0.15, -0.1) is 0 Å². The van der Waals surface area contributed by atoms with Crippen LogP contribution in [0.5, 0.6) is 0 Å². The zero-order valence-corrected chi connectivity index (χ0v) is 13.8. The van der Waals surface area contributed by atoms with E-state index in [9.17, 15) is 9.59 Å². The quantitative estimate of drug-likeness (QED) is 0.717. The van der Waals surface area contributed by atoms with Crippen LogP contribution in [0.1, 0.15) is 30.6 Å². The van der Waals surface area contributed by atoms with Gasteiger partial charge in [0.1, 0.15) is 0 Å². The van der Waals surface area contributed by atoms with Crippen LogP contribution >= 0.6 is 0 Å². The van der Waals surface area contributed by atoms with Gasteiger partial charge in [0.25, 0.3) is 5.56 Å². The summed E-state index contributed by atoms with van der Waals surface area (Å²) >= 11 is 0. The number of nitrogens with zero attached hydrogens (tertiary/aromatic N) is 3. The van der Waals surface area contributed by atoms with E-state index in [0.29, 0.717) is 18.5 Å². The molecule has 1 atom stereocenters. The van der Waals surface area contributed by atoms with Gasteiger partial charge in [-0.2, -0.15) is 10.2 Å². The van der Waals surface area contributed by atoms with Crippen molar-refractivity contribution in [2.75, 3.05) is 0 Å². The highest BCUT2D eigenvalue weighted by Gasteiger charge is 2.12. The Labute approximate surface area is 144 Å². The standard InChI is InChI=1S/C18H19N5O2/c1-13(14-11-19-23(12-14)16-5-3-2-4-6-16)20-17(24)9-7-15-8-10-18(25)22-21-15/h2-6,8,10-13H,7,9H2,1H3,(H,20,24)(H,22,25)/t13-/m0/s1. The van der Waals surface area contributed by atoms with Crippen molar-refractivity contribution >= 4 is 5.91 Å². The predicted molar refractivity (Wildman–Crippen MR) is 93.3 cm³/mol. The number of hydrogen-bond donors (Lipinski definition) is 2. The molecule has 0 aliphatic carbocycles. The molecule has 2 heterocycles. The minimum absolute atomic E-state index is 0.0760. The van der Waals surface area contributed by atoms with Gasteiger partial charge in [-0.05, 0) is 25.1 Å². The first-order valence-corrected chi connectivity index (χ1v) is 8.06. The van der Waals surface area contributed by atoms with Gasteiger partial charge in [-0.25, -0.2) is 9.78 Å². The molecule has 25 heavy (non-hydrogen) atoms. The lowest BCUT2D eigenvalue weighted by atomic mass is 10.1. The smallest absolute Gasteiger partial charge is 0.264 e. The lowest BCUT2D eigenvalue weighted by Gasteiger charge is -2.12. The molecule has 0 fully saturated rings. The van der Waals surface area contributed by atoms with Crippen molar-refractivity contribution in [2.24, 2.45) is 0 Å². The van der Waals surface area contributed by atoms with E-state index in [1.807, 2.05) is 43.5 Å². The highest BCUT2D eigenvalue weighted by molar-refractivity contribution is 5.76. The SMILES string of the molecule is C[C@H](NC(=O)CCc1ccc(=O)[nH]n1)c1cnn(-c2ccccc2)c1. The molecule has 7 heteroatoms. The summed E-state index contributed by atoms with van der Waals surface area (Å²) in [5.41, 5.74) is 2.33. The van der Waals surface area contributed by atoms with Crippen molar-refractivity contribution in [3.05, 3.63) is 76.5 Å². The summed E-state index contributed by atoms with van der Waals surface area (Å²) < 4.78 is 1.78. The minimum atomic E-state index is -0.253. The number of carbonyl (C=O) groups excluding carboxylic acids is 1. The molecular formula is C18H19N5O2. The van der Waals surface area contributed by atoms with E-state index in [0.717, 1.165) is 11.3 Å². The maximum absolute atomic E-state index is 12.1. The van der Waals surface area contributed by atoms with Gasteiger partial charge in [0.15, 0.2) is 0 Å². The summed E-state index contributed by atoms with van der Waals surface area (Å²) in [5, 5.41) is 13.5. The molecule has 2 aromatic heterocycles. The normalized spacial score (nSPS) is 11.9. The molecule has 0 aliphatic heterocycles. The number of H-pyrrole nitrogens is 1. The molecule has 1 amide bonds.